The van der Waals surface area contributed by atoms with E-state index >= 15 is 0 Å². The van der Waals surface area contributed by atoms with Gasteiger partial charge in [0.1, 0.15) is 4.92 Å². The molecule has 31 heavy (non-hydrogen) atoms. The minimum absolute atomic E-state index is 0.182. The first-order valence-corrected chi connectivity index (χ1v) is 10.9. The fourth-order valence-electron chi connectivity index (χ4n) is 3.41. The van der Waals surface area contributed by atoms with Crippen LogP contribution in [-0.2, 0) is 23.0 Å². The Morgan fingerprint density at radius 3 is 2.52 bits per heavy atom. The van der Waals surface area contributed by atoms with Gasteiger partial charge in [-0.05, 0) is 54.8 Å². The zero-order valence-corrected chi connectivity index (χ0v) is 17.4. The number of fused-ring (bicyclic) bond motifs is 1. The summed E-state index contributed by atoms with van der Waals surface area (Å²) in [4.78, 5) is 22.6. The van der Waals surface area contributed by atoms with E-state index in [-0.39, 0.29) is 17.2 Å². The minimum Gasteiger partial charge on any atom is -0.395 e. The first kappa shape index (κ1) is 20.8. The van der Waals surface area contributed by atoms with Crippen molar-refractivity contribution in [3.05, 3.63) is 87.2 Å². The van der Waals surface area contributed by atoms with Crippen molar-refractivity contribution >= 4 is 27.5 Å². The molecule has 10 heteroatoms. The second-order valence-electron chi connectivity index (χ2n) is 7.23. The highest BCUT2D eigenvalue weighted by molar-refractivity contribution is 7.89. The van der Waals surface area contributed by atoms with Crippen LogP contribution < -0.4 is 5.32 Å². The van der Waals surface area contributed by atoms with Crippen LogP contribution in [0.25, 0.3) is 0 Å². The predicted molar refractivity (Wildman–Crippen MR) is 112 cm³/mol. The molecule has 0 unspecified atom stereocenters. The number of furan rings is 1. The number of anilines is 1. The van der Waals surface area contributed by atoms with Crippen molar-refractivity contribution in [3.63, 3.8) is 0 Å². The molecule has 0 bridgehead atoms. The van der Waals surface area contributed by atoms with Gasteiger partial charge in [-0.15, -0.1) is 0 Å². The van der Waals surface area contributed by atoms with Crippen molar-refractivity contribution in [2.75, 3.05) is 11.9 Å². The Labute approximate surface area is 178 Å². The second kappa shape index (κ2) is 7.97. The van der Waals surface area contributed by atoms with Crippen LogP contribution in [0.1, 0.15) is 27.2 Å². The van der Waals surface area contributed by atoms with Crippen molar-refractivity contribution in [1.82, 2.24) is 4.31 Å². The van der Waals surface area contributed by atoms with Crippen LogP contribution in [0.2, 0.25) is 0 Å². The molecule has 0 radical (unpaired) electrons. The average Bonchev–Trinajstić information content (AvgIpc) is 3.24. The van der Waals surface area contributed by atoms with E-state index in [4.69, 9.17) is 4.42 Å². The largest absolute Gasteiger partial charge is 0.433 e. The third-order valence-corrected chi connectivity index (χ3v) is 6.96. The number of amides is 1. The number of nitrogens with zero attached hydrogens (tertiary/aromatic N) is 2. The van der Waals surface area contributed by atoms with Crippen molar-refractivity contribution < 1.29 is 22.6 Å². The number of nitrogens with one attached hydrogen (secondary N) is 1. The maximum atomic E-state index is 13.0. The molecule has 1 amide bonds. The van der Waals surface area contributed by atoms with Crippen molar-refractivity contribution in [2.24, 2.45) is 0 Å². The number of aryl methyl sites for hydroxylation is 1. The summed E-state index contributed by atoms with van der Waals surface area (Å²) in [6.07, 6.45) is 0.555. The number of rotatable bonds is 5. The first-order valence-electron chi connectivity index (χ1n) is 9.48. The molecule has 2 aromatic carbocycles. The highest BCUT2D eigenvalue weighted by atomic mass is 32.2. The topological polar surface area (TPSA) is 123 Å². The van der Waals surface area contributed by atoms with Gasteiger partial charge >= 0.3 is 5.88 Å². The standard InChI is InChI=1S/C21H19N3O6S/c1-14-2-6-18(7-3-14)31(28,29)23-11-10-15-4-5-17(12-16(15)13-23)22-21(25)19-8-9-20(30-19)24(26)27/h2-9,12H,10-11,13H2,1H3,(H,22,25). The van der Waals surface area contributed by atoms with E-state index in [0.29, 0.717) is 18.7 Å². The van der Waals surface area contributed by atoms with E-state index in [2.05, 4.69) is 5.32 Å². The van der Waals surface area contributed by atoms with Gasteiger partial charge in [0, 0.05) is 18.8 Å². The monoisotopic (exact) mass is 441 g/mol. The number of nitro groups is 1. The molecule has 3 aromatic rings. The van der Waals surface area contributed by atoms with E-state index in [1.165, 1.54) is 10.4 Å². The number of sulfonamides is 1. The van der Waals surface area contributed by atoms with Crippen LogP contribution in [0, 0.1) is 17.0 Å². The van der Waals surface area contributed by atoms with Crippen molar-refractivity contribution in [1.29, 1.82) is 0 Å². The number of carbonyl (C=O) groups is 1. The Morgan fingerprint density at radius 1 is 1.10 bits per heavy atom. The summed E-state index contributed by atoms with van der Waals surface area (Å²) >= 11 is 0. The van der Waals surface area contributed by atoms with Crippen LogP contribution in [-0.4, -0.2) is 30.1 Å². The lowest BCUT2D eigenvalue weighted by Gasteiger charge is -2.28. The molecule has 0 saturated heterocycles. The van der Waals surface area contributed by atoms with Gasteiger partial charge in [-0.2, -0.15) is 4.31 Å². The number of carbonyl (C=O) groups excluding carboxylic acids is 1. The van der Waals surface area contributed by atoms with Gasteiger partial charge in [-0.25, -0.2) is 8.42 Å². The Bertz CT molecular complexity index is 1260. The van der Waals surface area contributed by atoms with Crippen LogP contribution in [0.4, 0.5) is 11.6 Å². The fraction of sp³-hybridized carbons (Fsp3) is 0.190. The third-order valence-electron chi connectivity index (χ3n) is 5.10. The quantitative estimate of drug-likeness (QED) is 0.478. The van der Waals surface area contributed by atoms with Gasteiger partial charge in [-0.3, -0.25) is 14.9 Å². The van der Waals surface area contributed by atoms with Gasteiger partial charge in [0.25, 0.3) is 5.91 Å². The molecule has 1 N–H and O–H groups in total. The maximum absolute atomic E-state index is 13.0. The van der Waals surface area contributed by atoms with Gasteiger partial charge in [0.05, 0.1) is 11.0 Å². The van der Waals surface area contributed by atoms with Crippen LogP contribution >= 0.6 is 0 Å². The average molecular weight is 441 g/mol. The van der Waals surface area contributed by atoms with E-state index in [9.17, 15) is 23.3 Å². The van der Waals surface area contributed by atoms with Crippen molar-refractivity contribution in [2.45, 2.75) is 24.8 Å². The summed E-state index contributed by atoms with van der Waals surface area (Å²) in [5.74, 6) is -1.34. The molecule has 1 aliphatic heterocycles. The molecular weight excluding hydrogens is 422 g/mol. The number of benzene rings is 2. The lowest BCUT2D eigenvalue weighted by Crippen LogP contribution is -2.36. The van der Waals surface area contributed by atoms with Gasteiger partial charge < -0.3 is 9.73 Å². The number of hydrogen-bond acceptors (Lipinski definition) is 6. The van der Waals surface area contributed by atoms with Gasteiger partial charge in [-0.1, -0.05) is 23.8 Å². The molecule has 1 aromatic heterocycles. The molecule has 4 rings (SSSR count). The molecule has 2 heterocycles. The predicted octanol–water partition coefficient (Wildman–Crippen LogP) is 3.50. The number of hydrogen-bond donors (Lipinski definition) is 1. The summed E-state index contributed by atoms with van der Waals surface area (Å²) < 4.78 is 32.3. The Balaban J connectivity index is 1.53. The molecule has 9 nitrogen and oxygen atoms in total. The summed E-state index contributed by atoms with van der Waals surface area (Å²) in [7, 11) is -3.64. The Kier molecular flexibility index (Phi) is 5.34. The first-order chi connectivity index (χ1) is 14.7. The highest BCUT2D eigenvalue weighted by Crippen LogP contribution is 2.27. The molecule has 0 fully saturated rings. The van der Waals surface area contributed by atoms with E-state index < -0.39 is 26.7 Å². The van der Waals surface area contributed by atoms with Crippen LogP contribution in [0.3, 0.4) is 0 Å². The summed E-state index contributed by atoms with van der Waals surface area (Å²) in [6, 6.07) is 14.3. The zero-order valence-electron chi connectivity index (χ0n) is 16.6. The lowest BCUT2D eigenvalue weighted by atomic mass is 10.0. The molecular formula is C21H19N3O6S. The summed E-state index contributed by atoms with van der Waals surface area (Å²) in [6.45, 7) is 2.44. The Hall–Kier alpha value is -3.50. The van der Waals surface area contributed by atoms with E-state index in [1.54, 1.807) is 36.4 Å². The van der Waals surface area contributed by atoms with E-state index in [1.807, 2.05) is 13.0 Å². The lowest BCUT2D eigenvalue weighted by molar-refractivity contribution is -0.402. The molecule has 160 valence electrons. The molecule has 0 spiro atoms. The molecule has 0 atom stereocenters. The molecule has 0 aliphatic carbocycles. The van der Waals surface area contributed by atoms with Crippen LogP contribution in [0.5, 0.6) is 0 Å². The van der Waals surface area contributed by atoms with Gasteiger partial charge in [0.15, 0.2) is 5.76 Å². The highest BCUT2D eigenvalue weighted by Gasteiger charge is 2.28. The van der Waals surface area contributed by atoms with E-state index in [0.717, 1.165) is 22.8 Å². The minimum atomic E-state index is -3.64. The maximum Gasteiger partial charge on any atom is 0.433 e. The second-order valence-corrected chi connectivity index (χ2v) is 9.17. The van der Waals surface area contributed by atoms with Gasteiger partial charge in [0.2, 0.25) is 10.0 Å². The SMILES string of the molecule is Cc1ccc(S(=O)(=O)N2CCc3ccc(NC(=O)c4ccc([N+](=O)[O-])o4)cc3C2)cc1. The van der Waals surface area contributed by atoms with Crippen LogP contribution in [0.15, 0.2) is 63.9 Å². The Morgan fingerprint density at radius 2 is 1.84 bits per heavy atom. The normalized spacial score (nSPS) is 14.1. The summed E-state index contributed by atoms with van der Waals surface area (Å²) in [5, 5.41) is 13.3. The summed E-state index contributed by atoms with van der Waals surface area (Å²) in [5.41, 5.74) is 3.20. The smallest absolute Gasteiger partial charge is 0.395 e. The third kappa shape index (κ3) is 4.21. The van der Waals surface area contributed by atoms with Crippen molar-refractivity contribution in [3.8, 4) is 0 Å². The fourth-order valence-corrected chi connectivity index (χ4v) is 4.83. The zero-order chi connectivity index (χ0) is 22.2. The molecule has 1 aliphatic rings. The molecule has 0 saturated carbocycles.